The van der Waals surface area contributed by atoms with Crippen molar-refractivity contribution in [2.75, 3.05) is 33.4 Å². The van der Waals surface area contributed by atoms with Crippen molar-refractivity contribution >= 4 is 30.7 Å². The standard InChI is InChI=1S/C16H22N4O2.2ClH/c1-22-11-9-17-6-7-19-16(21)15-4-2-14(3-5-15)12-20-10-8-18-13-20;;/h2-5,8,10,13,17H,6-7,9,11-12H2,1H3,(H,19,21);2*1H. The molecule has 0 saturated heterocycles. The lowest BCUT2D eigenvalue weighted by atomic mass is 10.1. The Bertz CT molecular complexity index is 562. The van der Waals surface area contributed by atoms with E-state index >= 15 is 0 Å². The van der Waals surface area contributed by atoms with Gasteiger partial charge in [0.25, 0.3) is 5.91 Å². The van der Waals surface area contributed by atoms with E-state index in [1.807, 2.05) is 35.0 Å². The van der Waals surface area contributed by atoms with Crippen LogP contribution in [0.4, 0.5) is 0 Å². The van der Waals surface area contributed by atoms with Crippen molar-refractivity contribution in [1.29, 1.82) is 0 Å². The molecule has 24 heavy (non-hydrogen) atoms. The van der Waals surface area contributed by atoms with Crippen molar-refractivity contribution in [3.8, 4) is 0 Å². The van der Waals surface area contributed by atoms with Crippen LogP contribution in [0.25, 0.3) is 0 Å². The second-order valence-corrected chi connectivity index (χ2v) is 4.93. The maximum absolute atomic E-state index is 12.0. The minimum absolute atomic E-state index is 0. The van der Waals surface area contributed by atoms with Crippen LogP contribution in [-0.4, -0.2) is 48.8 Å². The highest BCUT2D eigenvalue weighted by molar-refractivity contribution is 5.94. The van der Waals surface area contributed by atoms with Crippen LogP contribution in [0.5, 0.6) is 0 Å². The molecule has 0 aliphatic heterocycles. The molecule has 6 nitrogen and oxygen atoms in total. The topological polar surface area (TPSA) is 68.2 Å². The fourth-order valence-electron chi connectivity index (χ4n) is 2.02. The number of benzene rings is 1. The van der Waals surface area contributed by atoms with Crippen LogP contribution in [-0.2, 0) is 11.3 Å². The second kappa shape index (κ2) is 12.8. The van der Waals surface area contributed by atoms with Crippen LogP contribution >= 0.6 is 24.8 Å². The van der Waals surface area contributed by atoms with Gasteiger partial charge in [-0.1, -0.05) is 12.1 Å². The fourth-order valence-corrected chi connectivity index (χ4v) is 2.02. The van der Waals surface area contributed by atoms with Gasteiger partial charge in [0.05, 0.1) is 12.9 Å². The Morgan fingerprint density at radius 2 is 1.92 bits per heavy atom. The van der Waals surface area contributed by atoms with E-state index in [0.29, 0.717) is 18.7 Å². The molecule has 0 atom stereocenters. The summed E-state index contributed by atoms with van der Waals surface area (Å²) < 4.78 is 6.92. The van der Waals surface area contributed by atoms with E-state index < -0.39 is 0 Å². The van der Waals surface area contributed by atoms with Crippen LogP contribution in [0.15, 0.2) is 43.0 Å². The average Bonchev–Trinajstić information content (AvgIpc) is 3.04. The summed E-state index contributed by atoms with van der Waals surface area (Å²) in [5.74, 6) is -0.0530. The van der Waals surface area contributed by atoms with Gasteiger partial charge in [-0.2, -0.15) is 0 Å². The number of nitrogens with zero attached hydrogens (tertiary/aromatic N) is 2. The van der Waals surface area contributed by atoms with Gasteiger partial charge in [0.2, 0.25) is 0 Å². The van der Waals surface area contributed by atoms with E-state index in [9.17, 15) is 4.79 Å². The average molecular weight is 375 g/mol. The first kappa shape index (κ1) is 22.4. The quantitative estimate of drug-likeness (QED) is 0.656. The van der Waals surface area contributed by atoms with Gasteiger partial charge in [-0.25, -0.2) is 4.98 Å². The summed E-state index contributed by atoms with van der Waals surface area (Å²) in [6.45, 7) is 3.54. The minimum Gasteiger partial charge on any atom is -0.383 e. The lowest BCUT2D eigenvalue weighted by Crippen LogP contribution is -2.33. The van der Waals surface area contributed by atoms with Gasteiger partial charge >= 0.3 is 0 Å². The normalized spacial score (nSPS) is 9.71. The van der Waals surface area contributed by atoms with Crippen molar-refractivity contribution in [3.63, 3.8) is 0 Å². The molecular formula is C16H24Cl2N4O2. The molecule has 1 aromatic heterocycles. The molecule has 1 heterocycles. The number of hydrogen-bond acceptors (Lipinski definition) is 4. The van der Waals surface area contributed by atoms with Crippen LogP contribution in [0.3, 0.4) is 0 Å². The third kappa shape index (κ3) is 7.79. The number of carbonyl (C=O) groups excluding carboxylic acids is 1. The number of nitrogens with one attached hydrogen (secondary N) is 2. The number of rotatable bonds is 9. The lowest BCUT2D eigenvalue weighted by Gasteiger charge is -2.07. The zero-order valence-electron chi connectivity index (χ0n) is 13.6. The number of ether oxygens (including phenoxy) is 1. The summed E-state index contributed by atoms with van der Waals surface area (Å²) in [4.78, 5) is 16.0. The molecule has 1 amide bonds. The highest BCUT2D eigenvalue weighted by atomic mass is 35.5. The van der Waals surface area contributed by atoms with E-state index in [0.717, 1.165) is 25.2 Å². The maximum Gasteiger partial charge on any atom is 0.251 e. The molecule has 2 rings (SSSR count). The van der Waals surface area contributed by atoms with Gasteiger partial charge in [0.1, 0.15) is 0 Å². The number of methoxy groups -OCH3 is 1. The van der Waals surface area contributed by atoms with E-state index in [4.69, 9.17) is 4.74 Å². The Morgan fingerprint density at radius 1 is 1.17 bits per heavy atom. The largest absolute Gasteiger partial charge is 0.383 e. The monoisotopic (exact) mass is 374 g/mol. The summed E-state index contributed by atoms with van der Waals surface area (Å²) in [5, 5.41) is 6.06. The Hall–Kier alpha value is -1.60. The predicted molar refractivity (Wildman–Crippen MR) is 99.3 cm³/mol. The Labute approximate surface area is 154 Å². The van der Waals surface area contributed by atoms with Crippen molar-refractivity contribution in [2.24, 2.45) is 0 Å². The van der Waals surface area contributed by atoms with E-state index in [-0.39, 0.29) is 30.7 Å². The van der Waals surface area contributed by atoms with Gasteiger partial charge in [0.15, 0.2) is 0 Å². The molecule has 0 saturated carbocycles. The number of aromatic nitrogens is 2. The zero-order chi connectivity index (χ0) is 15.6. The van der Waals surface area contributed by atoms with E-state index in [1.165, 1.54) is 0 Å². The van der Waals surface area contributed by atoms with E-state index in [1.54, 1.807) is 19.6 Å². The molecule has 2 aromatic rings. The number of imidazole rings is 1. The number of halogens is 2. The predicted octanol–water partition coefficient (Wildman–Crippen LogP) is 1.74. The molecule has 0 unspecified atom stereocenters. The molecule has 0 aliphatic rings. The van der Waals surface area contributed by atoms with E-state index in [2.05, 4.69) is 15.6 Å². The molecular weight excluding hydrogens is 351 g/mol. The number of carbonyl (C=O) groups is 1. The molecule has 1 aromatic carbocycles. The summed E-state index contributed by atoms with van der Waals surface area (Å²) in [6, 6.07) is 7.62. The molecule has 0 spiro atoms. The first-order valence-electron chi connectivity index (χ1n) is 7.32. The van der Waals surface area contributed by atoms with Gasteiger partial charge in [0, 0.05) is 51.2 Å². The highest BCUT2D eigenvalue weighted by Gasteiger charge is 2.04. The summed E-state index contributed by atoms with van der Waals surface area (Å²) in [6.07, 6.45) is 5.44. The van der Waals surface area contributed by atoms with Crippen LogP contribution in [0.1, 0.15) is 15.9 Å². The van der Waals surface area contributed by atoms with Crippen molar-refractivity contribution < 1.29 is 9.53 Å². The number of hydrogen-bond donors (Lipinski definition) is 2. The first-order chi connectivity index (χ1) is 10.8. The second-order valence-electron chi connectivity index (χ2n) is 4.93. The Morgan fingerprint density at radius 3 is 2.54 bits per heavy atom. The number of amides is 1. The highest BCUT2D eigenvalue weighted by Crippen LogP contribution is 2.06. The van der Waals surface area contributed by atoms with Crippen LogP contribution in [0.2, 0.25) is 0 Å². The van der Waals surface area contributed by atoms with Crippen molar-refractivity contribution in [3.05, 3.63) is 54.1 Å². The third-order valence-electron chi connectivity index (χ3n) is 3.21. The molecule has 0 fully saturated rings. The molecule has 0 bridgehead atoms. The summed E-state index contributed by atoms with van der Waals surface area (Å²) >= 11 is 0. The lowest BCUT2D eigenvalue weighted by molar-refractivity contribution is 0.0953. The fraction of sp³-hybridized carbons (Fsp3) is 0.375. The van der Waals surface area contributed by atoms with Gasteiger partial charge < -0.3 is 19.9 Å². The molecule has 2 N–H and O–H groups in total. The minimum atomic E-state index is -0.0530. The van der Waals surface area contributed by atoms with Crippen molar-refractivity contribution in [2.45, 2.75) is 6.54 Å². The zero-order valence-corrected chi connectivity index (χ0v) is 15.2. The smallest absolute Gasteiger partial charge is 0.251 e. The SMILES string of the molecule is COCCNCCNC(=O)c1ccc(Cn2ccnc2)cc1.Cl.Cl. The first-order valence-corrected chi connectivity index (χ1v) is 7.32. The Balaban J connectivity index is 0.00000264. The summed E-state index contributed by atoms with van der Waals surface area (Å²) in [5.41, 5.74) is 1.81. The Kier molecular flexibility index (Phi) is 11.9. The van der Waals surface area contributed by atoms with Gasteiger partial charge in [-0.3, -0.25) is 4.79 Å². The molecule has 0 aliphatic carbocycles. The molecule has 0 radical (unpaired) electrons. The van der Waals surface area contributed by atoms with Crippen LogP contribution in [0, 0.1) is 0 Å². The molecule has 134 valence electrons. The van der Waals surface area contributed by atoms with Crippen molar-refractivity contribution in [1.82, 2.24) is 20.2 Å². The third-order valence-corrected chi connectivity index (χ3v) is 3.21. The molecule has 8 heteroatoms. The van der Waals surface area contributed by atoms with Gasteiger partial charge in [-0.15, -0.1) is 24.8 Å². The van der Waals surface area contributed by atoms with Gasteiger partial charge in [-0.05, 0) is 17.7 Å². The van der Waals surface area contributed by atoms with Crippen LogP contribution < -0.4 is 10.6 Å². The maximum atomic E-state index is 12.0. The summed E-state index contributed by atoms with van der Waals surface area (Å²) in [7, 11) is 1.67.